The summed E-state index contributed by atoms with van der Waals surface area (Å²) in [7, 11) is 1.69. The predicted molar refractivity (Wildman–Crippen MR) is 56.6 cm³/mol. The number of phenols is 1. The molecule has 0 spiro atoms. The fourth-order valence-corrected chi connectivity index (χ4v) is 1.24. The number of hydrogen-bond acceptors (Lipinski definition) is 3. The van der Waals surface area contributed by atoms with Gasteiger partial charge in [-0.25, -0.2) is 0 Å². The molecular weight excluding hydrogens is 178 g/mol. The lowest BCUT2D eigenvalue weighted by Gasteiger charge is -2.04. The topological polar surface area (TPSA) is 41.5 Å². The molecule has 0 aliphatic heterocycles. The summed E-state index contributed by atoms with van der Waals surface area (Å²) in [6.07, 6.45) is 0.929. The highest BCUT2D eigenvalue weighted by molar-refractivity contribution is 5.27. The van der Waals surface area contributed by atoms with E-state index in [1.807, 2.05) is 12.1 Å². The maximum atomic E-state index is 9.21. The highest BCUT2D eigenvalue weighted by Gasteiger charge is 1.93. The molecule has 1 rings (SSSR count). The van der Waals surface area contributed by atoms with E-state index in [9.17, 15) is 5.11 Å². The van der Waals surface area contributed by atoms with Crippen LogP contribution in [0.3, 0.4) is 0 Å². The zero-order chi connectivity index (χ0) is 10.2. The van der Waals surface area contributed by atoms with Gasteiger partial charge in [-0.2, -0.15) is 0 Å². The Morgan fingerprint density at radius 3 is 2.93 bits per heavy atom. The minimum atomic E-state index is 0.333. The molecule has 14 heavy (non-hydrogen) atoms. The average Bonchev–Trinajstić information content (AvgIpc) is 2.18. The van der Waals surface area contributed by atoms with E-state index in [1.165, 1.54) is 0 Å². The standard InChI is InChI=1S/C11H17NO2/c1-14-8-7-12-6-5-10-3-2-4-11(13)9-10/h2-4,9,12-13H,5-8H2,1H3. The monoisotopic (exact) mass is 195 g/mol. The number of methoxy groups -OCH3 is 1. The second-order valence-electron chi connectivity index (χ2n) is 3.16. The fraction of sp³-hybridized carbons (Fsp3) is 0.455. The van der Waals surface area contributed by atoms with Gasteiger partial charge in [0.25, 0.3) is 0 Å². The van der Waals surface area contributed by atoms with Gasteiger partial charge in [0.15, 0.2) is 0 Å². The first kappa shape index (κ1) is 11.0. The molecule has 0 saturated carbocycles. The molecule has 0 heterocycles. The van der Waals surface area contributed by atoms with Crippen molar-refractivity contribution in [1.82, 2.24) is 5.32 Å². The Bertz CT molecular complexity index is 263. The highest BCUT2D eigenvalue weighted by atomic mass is 16.5. The van der Waals surface area contributed by atoms with Gasteiger partial charge in [-0.1, -0.05) is 12.1 Å². The summed E-state index contributed by atoms with van der Waals surface area (Å²) in [5.41, 5.74) is 1.15. The maximum Gasteiger partial charge on any atom is 0.115 e. The van der Waals surface area contributed by atoms with Gasteiger partial charge < -0.3 is 15.2 Å². The lowest BCUT2D eigenvalue weighted by atomic mass is 10.1. The van der Waals surface area contributed by atoms with E-state index in [4.69, 9.17) is 4.74 Å². The maximum absolute atomic E-state index is 9.21. The molecule has 0 radical (unpaired) electrons. The summed E-state index contributed by atoms with van der Waals surface area (Å²) in [5, 5.41) is 12.5. The Labute approximate surface area is 84.7 Å². The summed E-state index contributed by atoms with van der Waals surface area (Å²) in [4.78, 5) is 0. The van der Waals surface area contributed by atoms with Crippen LogP contribution >= 0.6 is 0 Å². The zero-order valence-electron chi connectivity index (χ0n) is 8.49. The van der Waals surface area contributed by atoms with E-state index >= 15 is 0 Å². The molecule has 3 nitrogen and oxygen atoms in total. The lowest BCUT2D eigenvalue weighted by molar-refractivity contribution is 0.199. The van der Waals surface area contributed by atoms with Gasteiger partial charge in [0.05, 0.1) is 6.61 Å². The minimum Gasteiger partial charge on any atom is -0.508 e. The largest absolute Gasteiger partial charge is 0.508 e. The number of nitrogens with one attached hydrogen (secondary N) is 1. The van der Waals surface area contributed by atoms with Gasteiger partial charge in [-0.05, 0) is 30.7 Å². The number of rotatable bonds is 6. The first-order chi connectivity index (χ1) is 6.83. The first-order valence-corrected chi connectivity index (χ1v) is 4.80. The molecule has 0 saturated heterocycles. The number of aromatic hydroxyl groups is 1. The minimum absolute atomic E-state index is 0.333. The number of hydrogen-bond donors (Lipinski definition) is 2. The van der Waals surface area contributed by atoms with Crippen molar-refractivity contribution in [2.75, 3.05) is 26.8 Å². The van der Waals surface area contributed by atoms with E-state index in [0.29, 0.717) is 5.75 Å². The molecule has 3 heteroatoms. The van der Waals surface area contributed by atoms with E-state index in [-0.39, 0.29) is 0 Å². The third-order valence-corrected chi connectivity index (χ3v) is 1.98. The van der Waals surface area contributed by atoms with Gasteiger partial charge in [0.1, 0.15) is 5.75 Å². The van der Waals surface area contributed by atoms with Gasteiger partial charge in [-0.15, -0.1) is 0 Å². The third-order valence-electron chi connectivity index (χ3n) is 1.98. The fourth-order valence-electron chi connectivity index (χ4n) is 1.24. The van der Waals surface area contributed by atoms with Crippen molar-refractivity contribution in [2.45, 2.75) is 6.42 Å². The van der Waals surface area contributed by atoms with Crippen LogP contribution in [0.25, 0.3) is 0 Å². The van der Waals surface area contributed by atoms with E-state index < -0.39 is 0 Å². The van der Waals surface area contributed by atoms with Crippen molar-refractivity contribution >= 4 is 0 Å². The molecule has 2 N–H and O–H groups in total. The van der Waals surface area contributed by atoms with Crippen molar-refractivity contribution in [3.8, 4) is 5.75 Å². The molecule has 0 amide bonds. The van der Waals surface area contributed by atoms with Gasteiger partial charge in [0, 0.05) is 13.7 Å². The highest BCUT2D eigenvalue weighted by Crippen LogP contribution is 2.10. The van der Waals surface area contributed by atoms with Crippen LogP contribution in [0, 0.1) is 0 Å². The predicted octanol–water partition coefficient (Wildman–Crippen LogP) is 1.17. The second-order valence-corrected chi connectivity index (χ2v) is 3.16. The first-order valence-electron chi connectivity index (χ1n) is 4.80. The van der Waals surface area contributed by atoms with Crippen molar-refractivity contribution in [3.05, 3.63) is 29.8 Å². The number of phenolic OH excluding ortho intramolecular Hbond substituents is 1. The Morgan fingerprint density at radius 2 is 2.21 bits per heavy atom. The van der Waals surface area contributed by atoms with E-state index in [2.05, 4.69) is 5.32 Å². The Balaban J connectivity index is 2.18. The molecule has 1 aromatic rings. The van der Waals surface area contributed by atoms with E-state index in [1.54, 1.807) is 19.2 Å². The van der Waals surface area contributed by atoms with Crippen LogP contribution in [-0.4, -0.2) is 31.9 Å². The molecular formula is C11H17NO2. The lowest BCUT2D eigenvalue weighted by Crippen LogP contribution is -2.21. The second kappa shape index (κ2) is 6.40. The Morgan fingerprint density at radius 1 is 1.36 bits per heavy atom. The Kier molecular flexibility index (Phi) is 5.04. The van der Waals surface area contributed by atoms with Crippen LogP contribution in [0.2, 0.25) is 0 Å². The molecule has 78 valence electrons. The normalized spacial score (nSPS) is 10.4. The summed E-state index contributed by atoms with van der Waals surface area (Å²) in [6, 6.07) is 7.34. The summed E-state index contributed by atoms with van der Waals surface area (Å²) < 4.78 is 4.91. The smallest absolute Gasteiger partial charge is 0.115 e. The zero-order valence-corrected chi connectivity index (χ0v) is 8.49. The van der Waals surface area contributed by atoms with Gasteiger partial charge >= 0.3 is 0 Å². The quantitative estimate of drug-likeness (QED) is 0.669. The van der Waals surface area contributed by atoms with Crippen LogP contribution in [0.5, 0.6) is 5.75 Å². The summed E-state index contributed by atoms with van der Waals surface area (Å²) in [6.45, 7) is 2.52. The molecule has 0 fully saturated rings. The molecule has 0 unspecified atom stereocenters. The van der Waals surface area contributed by atoms with Crippen LogP contribution in [0.15, 0.2) is 24.3 Å². The van der Waals surface area contributed by atoms with Crippen molar-refractivity contribution < 1.29 is 9.84 Å². The third kappa shape index (κ3) is 4.25. The molecule has 0 bridgehead atoms. The van der Waals surface area contributed by atoms with Crippen LogP contribution < -0.4 is 5.32 Å². The van der Waals surface area contributed by atoms with Crippen molar-refractivity contribution in [3.63, 3.8) is 0 Å². The molecule has 0 atom stereocenters. The number of ether oxygens (including phenoxy) is 1. The molecule has 0 aliphatic carbocycles. The Hall–Kier alpha value is -1.06. The van der Waals surface area contributed by atoms with Gasteiger partial charge in [-0.3, -0.25) is 0 Å². The van der Waals surface area contributed by atoms with Crippen molar-refractivity contribution in [1.29, 1.82) is 0 Å². The summed E-state index contributed by atoms with van der Waals surface area (Å²) >= 11 is 0. The van der Waals surface area contributed by atoms with Crippen LogP contribution in [0.4, 0.5) is 0 Å². The number of benzene rings is 1. The van der Waals surface area contributed by atoms with Crippen LogP contribution in [0.1, 0.15) is 5.56 Å². The average molecular weight is 195 g/mol. The van der Waals surface area contributed by atoms with Crippen molar-refractivity contribution in [2.24, 2.45) is 0 Å². The van der Waals surface area contributed by atoms with Gasteiger partial charge in [0.2, 0.25) is 0 Å². The van der Waals surface area contributed by atoms with E-state index in [0.717, 1.165) is 31.7 Å². The molecule has 1 aromatic carbocycles. The SMILES string of the molecule is COCCNCCc1cccc(O)c1. The molecule has 0 aromatic heterocycles. The molecule has 0 aliphatic rings. The summed E-state index contributed by atoms with van der Waals surface area (Å²) in [5.74, 6) is 0.333. The van der Waals surface area contributed by atoms with Crippen LogP contribution in [-0.2, 0) is 11.2 Å².